The summed E-state index contributed by atoms with van der Waals surface area (Å²) in [6.45, 7) is 2.25. The van der Waals surface area contributed by atoms with Crippen LogP contribution in [0, 0.1) is 18.3 Å². The van der Waals surface area contributed by atoms with Crippen molar-refractivity contribution in [1.29, 1.82) is 5.26 Å². The van der Waals surface area contributed by atoms with Crippen molar-refractivity contribution >= 4 is 43.6 Å². The molecule has 0 aliphatic rings. The fraction of sp³-hybridized carbons (Fsp3) is 0.0200. The van der Waals surface area contributed by atoms with Gasteiger partial charge in [0.1, 0.15) is 0 Å². The number of nitrogens with zero attached hydrogens (tertiary/aromatic N) is 3. The Morgan fingerprint density at radius 1 is 0.396 bits per heavy atom. The van der Waals surface area contributed by atoms with Gasteiger partial charge in [0.15, 0.2) is 0 Å². The van der Waals surface area contributed by atoms with Gasteiger partial charge in [-0.3, -0.25) is 0 Å². The second-order valence-electron chi connectivity index (χ2n) is 13.7. The highest BCUT2D eigenvalue weighted by Crippen LogP contribution is 2.43. The first kappa shape index (κ1) is 30.7. The van der Waals surface area contributed by atoms with E-state index in [0.717, 1.165) is 50.1 Å². The topological polar surface area (TPSA) is 33.6 Å². The number of fused-ring (bicyclic) bond motifs is 6. The first-order valence-corrected chi connectivity index (χ1v) is 18.0. The number of rotatable bonds is 5. The molecule has 3 heteroatoms. The molecule has 0 atom stereocenters. The van der Waals surface area contributed by atoms with E-state index in [9.17, 15) is 5.26 Å². The molecule has 248 valence electrons. The lowest BCUT2D eigenvalue weighted by molar-refractivity contribution is 1.10. The largest absolute Gasteiger partial charge is 0.309 e. The van der Waals surface area contributed by atoms with Crippen LogP contribution in [-0.2, 0) is 0 Å². The van der Waals surface area contributed by atoms with Gasteiger partial charge in [0.25, 0.3) is 0 Å². The molecule has 0 N–H and O–H groups in total. The Bertz CT molecular complexity index is 3070. The molecule has 0 unspecified atom stereocenters. The van der Waals surface area contributed by atoms with Crippen LogP contribution in [0.1, 0.15) is 11.1 Å². The minimum atomic E-state index is 0.640. The quantitative estimate of drug-likeness (QED) is 0.179. The predicted octanol–water partition coefficient (Wildman–Crippen LogP) is 13.1. The van der Waals surface area contributed by atoms with E-state index in [4.69, 9.17) is 0 Å². The molecule has 53 heavy (non-hydrogen) atoms. The van der Waals surface area contributed by atoms with Crippen molar-refractivity contribution in [3.63, 3.8) is 0 Å². The van der Waals surface area contributed by atoms with Crippen molar-refractivity contribution < 1.29 is 0 Å². The van der Waals surface area contributed by atoms with Crippen molar-refractivity contribution in [3.8, 4) is 50.8 Å². The van der Waals surface area contributed by atoms with Crippen LogP contribution >= 0.6 is 0 Å². The van der Waals surface area contributed by atoms with E-state index in [-0.39, 0.29) is 0 Å². The van der Waals surface area contributed by atoms with Crippen LogP contribution in [0.5, 0.6) is 0 Å². The van der Waals surface area contributed by atoms with Gasteiger partial charge in [-0.1, -0.05) is 127 Å². The van der Waals surface area contributed by atoms with E-state index in [1.165, 1.54) is 43.8 Å². The molecule has 0 saturated carbocycles. The molecule has 0 aliphatic heterocycles. The van der Waals surface area contributed by atoms with Crippen molar-refractivity contribution in [2.45, 2.75) is 6.92 Å². The maximum absolute atomic E-state index is 9.92. The minimum absolute atomic E-state index is 0.640. The van der Waals surface area contributed by atoms with Gasteiger partial charge < -0.3 is 9.13 Å². The van der Waals surface area contributed by atoms with E-state index >= 15 is 0 Å². The van der Waals surface area contributed by atoms with Gasteiger partial charge in [-0.2, -0.15) is 5.26 Å². The molecule has 0 amide bonds. The number of hydrogen-bond donors (Lipinski definition) is 0. The smallest absolute Gasteiger partial charge is 0.0991 e. The Morgan fingerprint density at radius 3 is 1.51 bits per heavy atom. The first-order chi connectivity index (χ1) is 26.2. The standard InChI is InChI=1S/C50H33N3/c1-33-45(52-46-21-10-8-19-41(46)43-30-37(23-26-48(43)52)35-14-4-2-5-15-35)28-25-40(39-18-12-13-34(29-39)32-51)50(33)53-47-22-11-9-20-42(47)44-31-38(24-27-49(44)53)36-16-6-3-7-17-36/h2-31H,1H3. The summed E-state index contributed by atoms with van der Waals surface area (Å²) in [7, 11) is 0. The first-order valence-electron chi connectivity index (χ1n) is 18.0. The van der Waals surface area contributed by atoms with Gasteiger partial charge in [0.05, 0.1) is 45.1 Å². The van der Waals surface area contributed by atoms with Gasteiger partial charge in [-0.15, -0.1) is 0 Å². The van der Waals surface area contributed by atoms with Crippen LogP contribution < -0.4 is 0 Å². The second-order valence-corrected chi connectivity index (χ2v) is 13.7. The number of benzene rings is 8. The maximum Gasteiger partial charge on any atom is 0.0991 e. The predicted molar refractivity (Wildman–Crippen MR) is 221 cm³/mol. The Morgan fingerprint density at radius 2 is 0.906 bits per heavy atom. The summed E-state index contributed by atoms with van der Waals surface area (Å²) >= 11 is 0. The summed E-state index contributed by atoms with van der Waals surface area (Å²) in [5, 5.41) is 14.8. The summed E-state index contributed by atoms with van der Waals surface area (Å²) in [5.74, 6) is 0. The van der Waals surface area contributed by atoms with Crippen molar-refractivity contribution in [3.05, 3.63) is 193 Å². The Balaban J connectivity index is 1.29. The van der Waals surface area contributed by atoms with Gasteiger partial charge >= 0.3 is 0 Å². The summed E-state index contributed by atoms with van der Waals surface area (Å²) in [6.07, 6.45) is 0. The fourth-order valence-electron chi connectivity index (χ4n) is 8.28. The van der Waals surface area contributed by atoms with E-state index in [1.54, 1.807) is 0 Å². The van der Waals surface area contributed by atoms with E-state index in [0.29, 0.717) is 5.56 Å². The molecular formula is C50H33N3. The Hall–Kier alpha value is -7.15. The number of nitriles is 1. The molecule has 0 fully saturated rings. The minimum Gasteiger partial charge on any atom is -0.309 e. The molecule has 0 aliphatic carbocycles. The lowest BCUT2D eigenvalue weighted by Crippen LogP contribution is -2.05. The summed E-state index contributed by atoms with van der Waals surface area (Å²) in [5.41, 5.74) is 15.5. The fourth-order valence-corrected chi connectivity index (χ4v) is 8.28. The zero-order valence-corrected chi connectivity index (χ0v) is 29.2. The van der Waals surface area contributed by atoms with Gasteiger partial charge in [-0.05, 0) is 94.9 Å². The highest BCUT2D eigenvalue weighted by molar-refractivity contribution is 6.12. The van der Waals surface area contributed by atoms with E-state index in [2.05, 4.69) is 186 Å². The third-order valence-corrected chi connectivity index (χ3v) is 10.7. The lowest BCUT2D eigenvalue weighted by Gasteiger charge is -2.21. The van der Waals surface area contributed by atoms with Crippen molar-refractivity contribution in [1.82, 2.24) is 9.13 Å². The number of para-hydroxylation sites is 2. The molecule has 2 heterocycles. The van der Waals surface area contributed by atoms with E-state index < -0.39 is 0 Å². The third kappa shape index (κ3) is 4.88. The number of hydrogen-bond acceptors (Lipinski definition) is 1. The molecule has 10 rings (SSSR count). The van der Waals surface area contributed by atoms with Gasteiger partial charge in [0, 0.05) is 27.1 Å². The van der Waals surface area contributed by atoms with Crippen LogP contribution in [0.25, 0.3) is 88.4 Å². The van der Waals surface area contributed by atoms with Crippen LogP contribution in [-0.4, -0.2) is 9.13 Å². The lowest BCUT2D eigenvalue weighted by atomic mass is 9.97. The summed E-state index contributed by atoms with van der Waals surface area (Å²) in [6, 6.07) is 67.1. The average molecular weight is 676 g/mol. The summed E-state index contributed by atoms with van der Waals surface area (Å²) < 4.78 is 4.86. The normalized spacial score (nSPS) is 11.5. The second kappa shape index (κ2) is 12.3. The monoisotopic (exact) mass is 675 g/mol. The van der Waals surface area contributed by atoms with Crippen LogP contribution in [0.2, 0.25) is 0 Å². The van der Waals surface area contributed by atoms with Crippen molar-refractivity contribution in [2.75, 3.05) is 0 Å². The molecule has 0 bridgehead atoms. The van der Waals surface area contributed by atoms with Gasteiger partial charge in [0.2, 0.25) is 0 Å². The number of aromatic nitrogens is 2. The maximum atomic E-state index is 9.92. The molecule has 3 nitrogen and oxygen atoms in total. The molecular weight excluding hydrogens is 643 g/mol. The molecule has 0 radical (unpaired) electrons. The highest BCUT2D eigenvalue weighted by atomic mass is 15.0. The SMILES string of the molecule is Cc1c(-n2c3ccccc3c3cc(-c4ccccc4)ccc32)ccc(-c2cccc(C#N)c2)c1-n1c2ccccc2c2cc(-c3ccccc3)ccc21. The zero-order valence-electron chi connectivity index (χ0n) is 29.2. The molecule has 0 saturated heterocycles. The van der Waals surface area contributed by atoms with Crippen LogP contribution in [0.4, 0.5) is 0 Å². The Labute approximate surface area is 307 Å². The zero-order chi connectivity index (χ0) is 35.5. The van der Waals surface area contributed by atoms with Crippen LogP contribution in [0.15, 0.2) is 182 Å². The van der Waals surface area contributed by atoms with Crippen molar-refractivity contribution in [2.24, 2.45) is 0 Å². The van der Waals surface area contributed by atoms with Gasteiger partial charge in [-0.25, -0.2) is 0 Å². The molecule has 2 aromatic heterocycles. The summed E-state index contributed by atoms with van der Waals surface area (Å²) in [4.78, 5) is 0. The van der Waals surface area contributed by atoms with Crippen LogP contribution in [0.3, 0.4) is 0 Å². The average Bonchev–Trinajstić information content (AvgIpc) is 3.73. The highest BCUT2D eigenvalue weighted by Gasteiger charge is 2.22. The molecule has 8 aromatic carbocycles. The molecule has 10 aromatic rings. The third-order valence-electron chi connectivity index (χ3n) is 10.7. The molecule has 0 spiro atoms. The Kier molecular flexibility index (Phi) is 7.09. The van der Waals surface area contributed by atoms with E-state index in [1.807, 2.05) is 18.2 Å².